The molecule has 0 N–H and O–H groups in total. The number of hydrogen-bond acceptors (Lipinski definition) is 0. The Morgan fingerprint density at radius 2 is 1.02 bits per heavy atom. The Hall–Kier alpha value is -3.23. The molecule has 0 amide bonds. The maximum absolute atomic E-state index is 12.6. The molecule has 0 fully saturated rings. The van der Waals surface area contributed by atoms with Crippen LogP contribution in [0.15, 0.2) is 103 Å². The van der Waals surface area contributed by atoms with Gasteiger partial charge in [-0.1, -0.05) is 117 Å². The first-order valence-electron chi connectivity index (χ1n) is 18.2. The second kappa shape index (κ2) is 15.6. The van der Waals surface area contributed by atoms with E-state index in [0.29, 0.717) is 5.56 Å². The van der Waals surface area contributed by atoms with Crippen molar-refractivity contribution in [1.82, 2.24) is 0 Å². The summed E-state index contributed by atoms with van der Waals surface area (Å²) in [7, 11) is 0. The summed E-state index contributed by atoms with van der Waals surface area (Å²) in [6.45, 7) is 28.0. The molecule has 1 aliphatic carbocycles. The number of alkyl halides is 3. The molecule has 1 aliphatic rings. The zero-order valence-corrected chi connectivity index (χ0v) is 35.6. The number of benzene rings is 4. The van der Waals surface area contributed by atoms with Crippen LogP contribution < -0.4 is 0 Å². The van der Waals surface area contributed by atoms with Gasteiger partial charge < -0.3 is 0 Å². The number of fused-ring (bicyclic) bond motifs is 3. The van der Waals surface area contributed by atoms with Crippen molar-refractivity contribution in [3.63, 3.8) is 0 Å². The molecule has 0 heterocycles. The van der Waals surface area contributed by atoms with Crippen LogP contribution in [0, 0.1) is 6.08 Å². The molecule has 0 spiro atoms. The molecule has 0 unspecified atom stereocenters. The first kappa shape index (κ1) is 41.5. The maximum Gasteiger partial charge on any atom is -0.109 e. The Balaban J connectivity index is 0.000000221. The van der Waals surface area contributed by atoms with Crippen LogP contribution in [0.5, 0.6) is 0 Å². The van der Waals surface area contributed by atoms with E-state index in [4.69, 9.17) is 0 Å². The van der Waals surface area contributed by atoms with Crippen LogP contribution in [-0.2, 0) is 52.1 Å². The molecule has 4 heteroatoms. The monoisotopic (exact) mass is 778 g/mol. The molecule has 0 radical (unpaired) electrons. The van der Waals surface area contributed by atoms with Gasteiger partial charge in [0.25, 0.3) is 0 Å². The predicted octanol–water partition coefficient (Wildman–Crippen LogP) is 14.0. The fourth-order valence-electron chi connectivity index (χ4n) is 6.55. The van der Waals surface area contributed by atoms with Gasteiger partial charge in [-0.2, -0.15) is 6.08 Å². The van der Waals surface area contributed by atoms with Crippen molar-refractivity contribution in [1.29, 1.82) is 0 Å². The SMILES string of the molecule is CC(C)(C)c1cc2[cH-]c3cc(C(C)(C)C)c(C(C)(C)C)cc3c2cc1C(C)(C)C.FC(F)(F)c1cccc([C](=[Zr+2])c2ccccc2)c1.[C-]1=CC=CC1. The van der Waals surface area contributed by atoms with Gasteiger partial charge in [0.2, 0.25) is 0 Å². The Morgan fingerprint density at radius 3 is 1.38 bits per heavy atom. The van der Waals surface area contributed by atoms with E-state index in [1.807, 2.05) is 42.5 Å². The molecule has 0 saturated carbocycles. The van der Waals surface area contributed by atoms with Crippen molar-refractivity contribution in [2.75, 3.05) is 0 Å². The van der Waals surface area contributed by atoms with Gasteiger partial charge >= 0.3 is 118 Å². The minimum Gasteiger partial charge on any atom is -0.273 e. The van der Waals surface area contributed by atoms with Crippen LogP contribution in [0.25, 0.3) is 21.5 Å². The van der Waals surface area contributed by atoms with Crippen molar-refractivity contribution in [2.24, 2.45) is 0 Å². The van der Waals surface area contributed by atoms with Gasteiger partial charge in [-0.25, -0.2) is 12.2 Å². The molecule has 0 aromatic heterocycles. The molecule has 0 atom stereocenters. The Kier molecular flexibility index (Phi) is 12.5. The topological polar surface area (TPSA) is 0 Å². The summed E-state index contributed by atoms with van der Waals surface area (Å²) in [5.74, 6) is 0. The summed E-state index contributed by atoms with van der Waals surface area (Å²) in [4.78, 5) is 0. The first-order valence-corrected chi connectivity index (χ1v) is 19.4. The van der Waals surface area contributed by atoms with E-state index in [2.05, 4.69) is 126 Å². The van der Waals surface area contributed by atoms with Crippen LogP contribution in [-0.4, -0.2) is 3.21 Å². The summed E-state index contributed by atoms with van der Waals surface area (Å²) in [6.07, 6.45) is 5.71. The molecule has 5 aromatic carbocycles. The van der Waals surface area contributed by atoms with E-state index in [0.717, 1.165) is 45.5 Å². The van der Waals surface area contributed by atoms with E-state index < -0.39 is 11.7 Å². The van der Waals surface area contributed by atoms with Gasteiger partial charge in [-0.15, -0.1) is 46.2 Å². The third kappa shape index (κ3) is 10.3. The number of allylic oxidation sites excluding steroid dienone is 4. The largest absolute Gasteiger partial charge is 0.273 e. The molecular weight excluding hydrogens is 725 g/mol. The number of hydrogen-bond donors (Lipinski definition) is 0. The van der Waals surface area contributed by atoms with Gasteiger partial charge in [0, 0.05) is 0 Å². The first-order chi connectivity index (χ1) is 23.9. The van der Waals surface area contributed by atoms with E-state index in [-0.39, 0.29) is 21.7 Å². The van der Waals surface area contributed by atoms with Gasteiger partial charge in [0.05, 0.1) is 0 Å². The van der Waals surface area contributed by atoms with Gasteiger partial charge in [-0.3, -0.25) is 6.08 Å². The molecule has 0 aliphatic heterocycles. The molecule has 52 heavy (non-hydrogen) atoms. The van der Waals surface area contributed by atoms with E-state index in [1.165, 1.54) is 55.9 Å². The van der Waals surface area contributed by atoms with Crippen LogP contribution in [0.4, 0.5) is 13.2 Å². The standard InChI is InChI=1S/C29H41.C14H9F3.C5H5.Zr/c1-26(2,3)22-14-18-13-19-15-23(27(4,5)6)25(29(10,11)12)17-21(19)20(18)16-24(22)28(7,8)9;15-14(16,17)13-8-4-7-12(10-13)9-11-5-2-1-3-6-11;1-2-4-5-3-1;/h13-17H,1-12H3;1-8,10H;1-3H,4H2;/q-1;;-1;+2. The Bertz CT molecular complexity index is 1980. The average molecular weight is 780 g/mol. The van der Waals surface area contributed by atoms with Crippen molar-refractivity contribution in [2.45, 2.75) is 117 Å². The average Bonchev–Trinajstić information content (AvgIpc) is 3.74. The number of halogens is 3. The van der Waals surface area contributed by atoms with E-state index in [9.17, 15) is 13.2 Å². The molecule has 6 rings (SSSR count). The summed E-state index contributed by atoms with van der Waals surface area (Å²) in [5, 5.41) is 5.57. The van der Waals surface area contributed by atoms with Crippen LogP contribution in [0.1, 0.15) is 128 Å². The predicted molar refractivity (Wildman–Crippen MR) is 215 cm³/mol. The quantitative estimate of drug-likeness (QED) is 0.157. The molecule has 0 nitrogen and oxygen atoms in total. The van der Waals surface area contributed by atoms with Crippen molar-refractivity contribution in [3.8, 4) is 0 Å². The summed E-state index contributed by atoms with van der Waals surface area (Å²) >= 11 is 1.09. The van der Waals surface area contributed by atoms with Crippen molar-refractivity contribution in [3.05, 3.63) is 148 Å². The molecule has 5 aromatic rings. The maximum atomic E-state index is 12.6. The smallest absolute Gasteiger partial charge is 0.109 e. The van der Waals surface area contributed by atoms with Gasteiger partial charge in [0.15, 0.2) is 0 Å². The third-order valence-corrected chi connectivity index (χ3v) is 10.8. The van der Waals surface area contributed by atoms with Gasteiger partial charge in [0.1, 0.15) is 0 Å². The summed E-state index contributed by atoms with van der Waals surface area (Å²) in [5.41, 5.74) is 7.40. The zero-order chi connectivity index (χ0) is 38.9. The second-order valence-corrected chi connectivity index (χ2v) is 19.2. The fraction of sp³-hybridized carbons (Fsp3) is 0.375. The van der Waals surface area contributed by atoms with Crippen molar-refractivity contribution >= 4 is 24.8 Å². The minimum absolute atomic E-state index is 0.124. The minimum atomic E-state index is -4.29. The summed E-state index contributed by atoms with van der Waals surface area (Å²) < 4.78 is 38.8. The normalized spacial score (nSPS) is 13.6. The van der Waals surface area contributed by atoms with Crippen LogP contribution in [0.2, 0.25) is 0 Å². The third-order valence-electron chi connectivity index (χ3n) is 9.34. The molecular formula is C48H55F3Zr. The number of rotatable bonds is 2. The van der Waals surface area contributed by atoms with Crippen LogP contribution in [0.3, 0.4) is 0 Å². The Labute approximate surface area is 325 Å². The fourth-order valence-corrected chi connectivity index (χ4v) is 7.34. The van der Waals surface area contributed by atoms with Crippen LogP contribution >= 0.6 is 0 Å². The summed E-state index contributed by atoms with van der Waals surface area (Å²) in [6, 6.07) is 27.2. The molecule has 0 saturated heterocycles. The second-order valence-electron chi connectivity index (χ2n) is 17.9. The molecule has 0 bridgehead atoms. The Morgan fingerprint density at radius 1 is 0.577 bits per heavy atom. The van der Waals surface area contributed by atoms with Crippen molar-refractivity contribution < 1.29 is 37.4 Å². The van der Waals surface area contributed by atoms with E-state index >= 15 is 0 Å². The zero-order valence-electron chi connectivity index (χ0n) is 33.2. The molecule has 272 valence electrons. The van der Waals surface area contributed by atoms with Gasteiger partial charge in [-0.05, 0) is 21.7 Å². The van der Waals surface area contributed by atoms with E-state index in [1.54, 1.807) is 6.07 Å².